The molecule has 0 unspecified atom stereocenters. The third kappa shape index (κ3) is 8.53. The topological polar surface area (TPSA) is 109 Å². The largest absolute Gasteiger partial charge is 0.456 e. The van der Waals surface area contributed by atoms with E-state index >= 15 is 0 Å². The second kappa shape index (κ2) is 20.5. The van der Waals surface area contributed by atoms with Gasteiger partial charge in [-0.1, -0.05) is 220 Å². The summed E-state index contributed by atoms with van der Waals surface area (Å²) >= 11 is 6.46. The zero-order valence-electron chi connectivity index (χ0n) is 49.2. The molecule has 91 heavy (non-hydrogen) atoms. The number of hydrogen-bond acceptors (Lipinski definition) is 8. The van der Waals surface area contributed by atoms with E-state index in [2.05, 4.69) is 204 Å². The lowest BCUT2D eigenvalue weighted by molar-refractivity contribution is 0.660. The first-order valence-corrected chi connectivity index (χ1v) is 30.8. The molecule has 428 valence electrons. The van der Waals surface area contributed by atoms with Crippen molar-refractivity contribution >= 4 is 77.3 Å². The first-order valence-electron chi connectivity index (χ1n) is 30.4. The van der Waals surface area contributed by atoms with Crippen LogP contribution in [0.15, 0.2) is 276 Å². The molecule has 17 aromatic rings. The summed E-state index contributed by atoms with van der Waals surface area (Å²) in [5.74, 6) is 2.54. The van der Waals surface area contributed by atoms with Crippen molar-refractivity contribution in [2.24, 2.45) is 0 Å². The summed E-state index contributed by atoms with van der Waals surface area (Å²) in [5, 5.41) is 6.25. The van der Waals surface area contributed by atoms with E-state index < -0.39 is 0 Å². The number of benzene rings is 12. The number of hydrogen-bond donors (Lipinski definition) is 0. The van der Waals surface area contributed by atoms with Crippen LogP contribution in [0.3, 0.4) is 0 Å². The van der Waals surface area contributed by atoms with Gasteiger partial charge in [-0.2, -0.15) is 19.9 Å². The first-order chi connectivity index (χ1) is 44.7. The summed E-state index contributed by atoms with van der Waals surface area (Å²) in [7, 11) is 0. The lowest BCUT2D eigenvalue weighted by atomic mass is 9.82. The van der Waals surface area contributed by atoms with Gasteiger partial charge in [-0.05, 0) is 133 Å². The van der Waals surface area contributed by atoms with Gasteiger partial charge in [0.05, 0.1) is 11.0 Å². The number of furan rings is 2. The molecule has 0 bridgehead atoms. The van der Waals surface area contributed by atoms with Crippen LogP contribution in [0.25, 0.3) is 173 Å². The molecule has 12 aromatic carbocycles. The molecule has 9 nitrogen and oxygen atoms in total. The van der Waals surface area contributed by atoms with Crippen molar-refractivity contribution in [2.45, 2.75) is 19.3 Å². The molecule has 0 amide bonds. The molecule has 1 aliphatic rings. The monoisotopic (exact) mass is 1190 g/mol. The van der Waals surface area contributed by atoms with Crippen molar-refractivity contribution in [1.82, 2.24) is 34.5 Å². The highest BCUT2D eigenvalue weighted by Gasteiger charge is 2.36. The van der Waals surface area contributed by atoms with Crippen LogP contribution >= 0.6 is 11.6 Å². The summed E-state index contributed by atoms with van der Waals surface area (Å²) in [6.07, 6.45) is 0. The van der Waals surface area contributed by atoms with Gasteiger partial charge in [-0.25, -0.2) is 9.97 Å². The lowest BCUT2D eigenvalue weighted by Gasteiger charge is -2.21. The summed E-state index contributed by atoms with van der Waals surface area (Å²) in [4.78, 5) is 29.7. The summed E-state index contributed by atoms with van der Waals surface area (Å²) in [6, 6.07) is 93.4. The van der Waals surface area contributed by atoms with Gasteiger partial charge in [0.15, 0.2) is 23.3 Å². The Morgan fingerprint density at radius 3 is 1.51 bits per heavy atom. The van der Waals surface area contributed by atoms with Gasteiger partial charge in [-0.3, -0.25) is 4.57 Å². The maximum atomic E-state index is 6.79. The van der Waals surface area contributed by atoms with Crippen LogP contribution in [0.2, 0.25) is 5.28 Å². The molecule has 5 heterocycles. The molecule has 10 heteroatoms. The van der Waals surface area contributed by atoms with E-state index in [1.165, 1.54) is 33.4 Å². The molecule has 0 saturated heterocycles. The Labute approximate surface area is 527 Å². The highest BCUT2D eigenvalue weighted by Crippen LogP contribution is 2.52. The van der Waals surface area contributed by atoms with Crippen LogP contribution in [0.5, 0.6) is 0 Å². The summed E-state index contributed by atoms with van der Waals surface area (Å²) in [5.41, 5.74) is 22.3. The van der Waals surface area contributed by atoms with Crippen molar-refractivity contribution < 1.29 is 8.83 Å². The zero-order valence-corrected chi connectivity index (χ0v) is 50.0. The van der Waals surface area contributed by atoms with E-state index in [0.29, 0.717) is 40.4 Å². The molecule has 0 saturated carbocycles. The van der Waals surface area contributed by atoms with Gasteiger partial charge < -0.3 is 8.83 Å². The van der Waals surface area contributed by atoms with Crippen LogP contribution in [-0.4, -0.2) is 34.5 Å². The standard InChI is InChI=1S/C81H50ClN7O2/c1-81(2)65-32-11-9-27-63(65)72-56(28-16-33-66(72)81)51-24-13-22-49(42-51)50-23-14-25-52(43-50)58-30-15-31-62-59-26-10-12-34-67(59)89(74(58)62)80-87-76(48-20-7-4-8-21-48)84-78(88-80)55-38-41-64-71(46-55)90-68-35-17-29-57(73(64)68)53-36-39-60-61-40-37-54(45-70(61)91-69(60)44-53)77-83-75(85-79(82)86-77)47-18-5-3-6-19-47/h3-46H,1-2H3. The number of halogens is 1. The third-order valence-corrected chi connectivity index (χ3v) is 18.4. The predicted molar refractivity (Wildman–Crippen MR) is 368 cm³/mol. The van der Waals surface area contributed by atoms with Crippen LogP contribution in [-0.2, 0) is 5.41 Å². The Morgan fingerprint density at radius 1 is 0.319 bits per heavy atom. The van der Waals surface area contributed by atoms with Crippen molar-refractivity contribution in [1.29, 1.82) is 0 Å². The maximum absolute atomic E-state index is 6.79. The Balaban J connectivity index is 0.729. The van der Waals surface area contributed by atoms with Crippen molar-refractivity contribution in [3.8, 4) is 107 Å². The Bertz CT molecular complexity index is 5850. The van der Waals surface area contributed by atoms with Crippen LogP contribution < -0.4 is 0 Å². The average Bonchev–Trinajstić information content (AvgIpc) is 1.61. The van der Waals surface area contributed by atoms with Gasteiger partial charge in [0.2, 0.25) is 11.2 Å². The van der Waals surface area contributed by atoms with Crippen LogP contribution in [0.1, 0.15) is 25.0 Å². The molecule has 0 atom stereocenters. The molecular formula is C81H50ClN7O2. The molecule has 0 radical (unpaired) electrons. The summed E-state index contributed by atoms with van der Waals surface area (Å²) in [6.45, 7) is 4.68. The molecule has 1 aliphatic carbocycles. The average molecular weight is 1190 g/mol. The normalized spacial score (nSPS) is 12.6. The minimum atomic E-state index is -0.0880. The predicted octanol–water partition coefficient (Wildman–Crippen LogP) is 21.2. The van der Waals surface area contributed by atoms with E-state index in [1.54, 1.807) is 0 Å². The Morgan fingerprint density at radius 2 is 0.780 bits per heavy atom. The third-order valence-electron chi connectivity index (χ3n) is 18.3. The minimum Gasteiger partial charge on any atom is -0.456 e. The molecule has 5 aromatic heterocycles. The fourth-order valence-corrected chi connectivity index (χ4v) is 14.1. The zero-order chi connectivity index (χ0) is 60.5. The molecule has 0 spiro atoms. The Kier molecular flexibility index (Phi) is 11.8. The van der Waals surface area contributed by atoms with Gasteiger partial charge in [0, 0.05) is 65.5 Å². The van der Waals surface area contributed by atoms with E-state index in [0.717, 1.165) is 110 Å². The van der Waals surface area contributed by atoms with Gasteiger partial charge >= 0.3 is 0 Å². The molecular weight excluding hydrogens is 1140 g/mol. The SMILES string of the molecule is CC1(C)c2ccccc2-c2c(-c3cccc(-c4cccc(-c5cccc6c7ccccc7n(-c7nc(-c8ccccc8)nc(-c8ccc9c(c8)oc8cccc(-c%10ccc%11c(c%10)oc%10cc(-c%12nc(Cl)nc(-c%13ccccc%13)n%12)ccc%10%11)c89)n7)c56)c4)c3)cccc21. The van der Waals surface area contributed by atoms with Gasteiger partial charge in [0.1, 0.15) is 22.3 Å². The minimum absolute atomic E-state index is 0.0880. The quantitative estimate of drug-likeness (QED) is 0.141. The van der Waals surface area contributed by atoms with Crippen LogP contribution in [0, 0.1) is 0 Å². The maximum Gasteiger partial charge on any atom is 0.238 e. The first kappa shape index (κ1) is 52.5. The lowest BCUT2D eigenvalue weighted by Crippen LogP contribution is -2.14. The van der Waals surface area contributed by atoms with Gasteiger partial charge in [-0.15, -0.1) is 0 Å². The van der Waals surface area contributed by atoms with E-state index in [-0.39, 0.29) is 10.7 Å². The molecule has 0 N–H and O–H groups in total. The fourth-order valence-electron chi connectivity index (χ4n) is 14.0. The van der Waals surface area contributed by atoms with Crippen LogP contribution in [0.4, 0.5) is 0 Å². The van der Waals surface area contributed by atoms with Crippen molar-refractivity contribution in [3.05, 3.63) is 283 Å². The van der Waals surface area contributed by atoms with E-state index in [4.69, 9.17) is 40.4 Å². The second-order valence-corrected chi connectivity index (χ2v) is 24.2. The second-order valence-electron chi connectivity index (χ2n) is 23.9. The Hall–Kier alpha value is -11.7. The number of fused-ring (bicyclic) bond motifs is 12. The molecule has 0 fully saturated rings. The highest BCUT2D eigenvalue weighted by atomic mass is 35.5. The van der Waals surface area contributed by atoms with Gasteiger partial charge in [0.25, 0.3) is 0 Å². The van der Waals surface area contributed by atoms with Crippen molar-refractivity contribution in [3.63, 3.8) is 0 Å². The number of aromatic nitrogens is 7. The smallest absolute Gasteiger partial charge is 0.238 e. The van der Waals surface area contributed by atoms with Crippen molar-refractivity contribution in [2.75, 3.05) is 0 Å². The molecule has 0 aliphatic heterocycles. The summed E-state index contributed by atoms with van der Waals surface area (Å²) < 4.78 is 15.6. The highest BCUT2D eigenvalue weighted by molar-refractivity contribution is 6.28. The number of nitrogens with zero attached hydrogens (tertiary/aromatic N) is 7. The van der Waals surface area contributed by atoms with E-state index in [1.807, 2.05) is 91.0 Å². The van der Waals surface area contributed by atoms with E-state index in [9.17, 15) is 0 Å². The fraction of sp³-hybridized carbons (Fsp3) is 0.0370. The number of para-hydroxylation sites is 2. The molecule has 18 rings (SSSR count). The number of rotatable bonds is 9.